The summed E-state index contributed by atoms with van der Waals surface area (Å²) >= 11 is 1.99. The minimum Gasteiger partial charge on any atom is -0.374 e. The van der Waals surface area contributed by atoms with Gasteiger partial charge in [0.25, 0.3) is 0 Å². The summed E-state index contributed by atoms with van der Waals surface area (Å²) in [5.41, 5.74) is 7.91. The molecule has 0 radical (unpaired) electrons. The maximum atomic E-state index is 6.44. The fourth-order valence-electron chi connectivity index (χ4n) is 3.83. The topological polar surface area (TPSA) is 35.2 Å². The van der Waals surface area contributed by atoms with Gasteiger partial charge in [-0.3, -0.25) is 0 Å². The van der Waals surface area contributed by atoms with E-state index < -0.39 is 0 Å². The first-order valence-corrected chi connectivity index (χ1v) is 9.08. The molecule has 112 valence electrons. The van der Waals surface area contributed by atoms with Crippen LogP contribution in [0.2, 0.25) is 0 Å². The molecule has 2 N–H and O–H groups in total. The summed E-state index contributed by atoms with van der Waals surface area (Å²) in [6, 6.07) is 2.76. The largest absolute Gasteiger partial charge is 0.374 e. The van der Waals surface area contributed by atoms with E-state index in [0.29, 0.717) is 12.1 Å². The van der Waals surface area contributed by atoms with Crippen molar-refractivity contribution >= 4 is 11.3 Å². The fourth-order valence-corrected chi connectivity index (χ4v) is 5.16. The Hall–Kier alpha value is -0.380. The summed E-state index contributed by atoms with van der Waals surface area (Å²) in [6.07, 6.45) is 10.6. The van der Waals surface area contributed by atoms with Crippen LogP contribution in [0.25, 0.3) is 0 Å². The molecule has 1 aromatic rings. The zero-order valence-corrected chi connectivity index (χ0v) is 13.4. The van der Waals surface area contributed by atoms with Crippen LogP contribution in [0.3, 0.4) is 0 Å². The van der Waals surface area contributed by atoms with Gasteiger partial charge in [-0.25, -0.2) is 0 Å². The lowest BCUT2D eigenvalue weighted by Crippen LogP contribution is -2.30. The molecule has 1 saturated carbocycles. The van der Waals surface area contributed by atoms with Crippen LogP contribution < -0.4 is 5.73 Å². The van der Waals surface area contributed by atoms with Crippen molar-refractivity contribution in [3.05, 3.63) is 21.4 Å². The Morgan fingerprint density at radius 2 is 2.10 bits per heavy atom. The number of hydrogen-bond donors (Lipinski definition) is 1. The second kappa shape index (κ2) is 6.59. The van der Waals surface area contributed by atoms with Gasteiger partial charge in [0.15, 0.2) is 0 Å². The first kappa shape index (κ1) is 14.6. The minimum absolute atomic E-state index is 0.344. The van der Waals surface area contributed by atoms with Crippen molar-refractivity contribution in [1.82, 2.24) is 0 Å². The molecular weight excluding hydrogens is 266 g/mol. The first-order valence-electron chi connectivity index (χ1n) is 8.26. The maximum Gasteiger partial charge on any atom is 0.0835 e. The van der Waals surface area contributed by atoms with Gasteiger partial charge >= 0.3 is 0 Å². The van der Waals surface area contributed by atoms with E-state index >= 15 is 0 Å². The monoisotopic (exact) mass is 293 g/mol. The van der Waals surface area contributed by atoms with Crippen LogP contribution in [0.1, 0.15) is 66.9 Å². The average Bonchev–Trinajstić information content (AvgIpc) is 3.07. The third-order valence-electron chi connectivity index (χ3n) is 4.92. The standard InChI is InChI=1S/C17H27NOS/c1-2-19-16-8-5-9-17-14(16)10-13(20-17)11-15(18)12-6-3-4-7-12/h10,12,15-16H,2-9,11,18H2,1H3. The summed E-state index contributed by atoms with van der Waals surface area (Å²) in [5.74, 6) is 0.761. The number of hydrogen-bond acceptors (Lipinski definition) is 3. The van der Waals surface area contributed by atoms with E-state index in [-0.39, 0.29) is 0 Å². The molecule has 0 aromatic carbocycles. The van der Waals surface area contributed by atoms with Gasteiger partial charge in [0.2, 0.25) is 0 Å². The predicted molar refractivity (Wildman–Crippen MR) is 85.3 cm³/mol. The minimum atomic E-state index is 0.344. The molecule has 20 heavy (non-hydrogen) atoms. The van der Waals surface area contributed by atoms with E-state index in [0.717, 1.165) is 18.9 Å². The lowest BCUT2D eigenvalue weighted by molar-refractivity contribution is 0.0506. The molecule has 0 aliphatic heterocycles. The number of aryl methyl sites for hydroxylation is 1. The van der Waals surface area contributed by atoms with Crippen LogP contribution in [0.4, 0.5) is 0 Å². The molecule has 0 saturated heterocycles. The molecule has 2 aliphatic rings. The zero-order chi connectivity index (χ0) is 13.9. The van der Waals surface area contributed by atoms with Gasteiger partial charge in [-0.05, 0) is 63.0 Å². The Kier molecular flexibility index (Phi) is 4.79. The predicted octanol–water partition coefficient (Wildman–Crippen LogP) is 4.22. The first-order chi connectivity index (χ1) is 9.78. The van der Waals surface area contributed by atoms with Gasteiger partial charge in [-0.2, -0.15) is 0 Å². The maximum absolute atomic E-state index is 6.44. The Labute approximate surface area is 126 Å². The molecular formula is C17H27NOS. The molecule has 2 aliphatic carbocycles. The highest BCUT2D eigenvalue weighted by atomic mass is 32.1. The van der Waals surface area contributed by atoms with E-state index in [2.05, 4.69) is 13.0 Å². The van der Waals surface area contributed by atoms with E-state index in [1.54, 1.807) is 4.88 Å². The summed E-state index contributed by atoms with van der Waals surface area (Å²) in [6.45, 7) is 2.91. The molecule has 1 heterocycles. The van der Waals surface area contributed by atoms with Gasteiger partial charge in [0, 0.05) is 22.4 Å². The third kappa shape index (κ3) is 3.10. The molecule has 0 bridgehead atoms. The number of thiophene rings is 1. The number of nitrogens with two attached hydrogens (primary N) is 1. The van der Waals surface area contributed by atoms with Gasteiger partial charge in [0.1, 0.15) is 0 Å². The number of fused-ring (bicyclic) bond motifs is 1. The van der Waals surface area contributed by atoms with E-state index in [1.165, 1.54) is 55.4 Å². The summed E-state index contributed by atoms with van der Waals surface area (Å²) in [5, 5.41) is 0. The Bertz CT molecular complexity index is 436. The SMILES string of the molecule is CCOC1CCCc2sc(CC(N)C3CCCC3)cc21. The summed E-state index contributed by atoms with van der Waals surface area (Å²) in [7, 11) is 0. The third-order valence-corrected chi connectivity index (χ3v) is 6.15. The Morgan fingerprint density at radius 1 is 1.30 bits per heavy atom. The molecule has 3 heteroatoms. The molecule has 3 rings (SSSR count). The fraction of sp³-hybridized carbons (Fsp3) is 0.765. The number of ether oxygens (including phenoxy) is 1. The van der Waals surface area contributed by atoms with E-state index in [1.807, 2.05) is 11.3 Å². The van der Waals surface area contributed by atoms with Crippen LogP contribution in [0, 0.1) is 5.92 Å². The smallest absolute Gasteiger partial charge is 0.0835 e. The average molecular weight is 293 g/mol. The molecule has 2 atom stereocenters. The van der Waals surface area contributed by atoms with Crippen LogP contribution in [-0.2, 0) is 17.6 Å². The van der Waals surface area contributed by atoms with Crippen molar-refractivity contribution in [3.8, 4) is 0 Å². The van der Waals surface area contributed by atoms with Gasteiger partial charge in [0.05, 0.1) is 6.10 Å². The molecule has 1 fully saturated rings. The lowest BCUT2D eigenvalue weighted by atomic mass is 9.93. The second-order valence-corrected chi connectivity index (χ2v) is 7.56. The van der Waals surface area contributed by atoms with Crippen molar-refractivity contribution in [2.45, 2.75) is 70.4 Å². The highest BCUT2D eigenvalue weighted by Gasteiger charge is 2.26. The van der Waals surface area contributed by atoms with Crippen molar-refractivity contribution in [1.29, 1.82) is 0 Å². The molecule has 1 aromatic heterocycles. The van der Waals surface area contributed by atoms with Crippen LogP contribution in [-0.4, -0.2) is 12.6 Å². The second-order valence-electron chi connectivity index (χ2n) is 6.34. The molecule has 0 spiro atoms. The Balaban J connectivity index is 1.68. The van der Waals surface area contributed by atoms with Crippen LogP contribution in [0.5, 0.6) is 0 Å². The summed E-state index contributed by atoms with van der Waals surface area (Å²) < 4.78 is 5.90. The van der Waals surface area contributed by atoms with Crippen molar-refractivity contribution in [2.24, 2.45) is 11.7 Å². The lowest BCUT2D eigenvalue weighted by Gasteiger charge is -2.22. The van der Waals surface area contributed by atoms with Crippen LogP contribution in [0.15, 0.2) is 6.07 Å². The molecule has 2 nitrogen and oxygen atoms in total. The summed E-state index contributed by atoms with van der Waals surface area (Å²) in [4.78, 5) is 3.05. The highest BCUT2D eigenvalue weighted by molar-refractivity contribution is 7.12. The highest BCUT2D eigenvalue weighted by Crippen LogP contribution is 2.39. The normalized spacial score (nSPS) is 24.8. The van der Waals surface area contributed by atoms with Crippen LogP contribution >= 0.6 is 11.3 Å². The van der Waals surface area contributed by atoms with Crippen molar-refractivity contribution in [2.75, 3.05) is 6.61 Å². The van der Waals surface area contributed by atoms with Crippen molar-refractivity contribution < 1.29 is 4.74 Å². The van der Waals surface area contributed by atoms with Gasteiger partial charge in [-0.1, -0.05) is 12.8 Å². The Morgan fingerprint density at radius 3 is 2.85 bits per heavy atom. The van der Waals surface area contributed by atoms with Gasteiger partial charge in [-0.15, -0.1) is 11.3 Å². The van der Waals surface area contributed by atoms with E-state index in [4.69, 9.17) is 10.5 Å². The van der Waals surface area contributed by atoms with Crippen molar-refractivity contribution in [3.63, 3.8) is 0 Å². The molecule has 0 amide bonds. The van der Waals surface area contributed by atoms with E-state index in [9.17, 15) is 0 Å². The zero-order valence-electron chi connectivity index (χ0n) is 12.6. The quantitative estimate of drug-likeness (QED) is 0.882. The molecule has 2 unspecified atom stereocenters. The van der Waals surface area contributed by atoms with Gasteiger partial charge < -0.3 is 10.5 Å². The number of rotatable bonds is 5.